The summed E-state index contributed by atoms with van der Waals surface area (Å²) in [5.41, 5.74) is 1.26. The summed E-state index contributed by atoms with van der Waals surface area (Å²) in [4.78, 5) is 4.32. The SMILES string of the molecule is CCCCCCCCCCC(N=C=S)c1ccccc1. The maximum atomic E-state index is 4.77. The van der Waals surface area contributed by atoms with Crippen LogP contribution in [0.25, 0.3) is 0 Å². The molecule has 2 heteroatoms. The highest BCUT2D eigenvalue weighted by Crippen LogP contribution is 2.23. The number of hydrogen-bond donors (Lipinski definition) is 0. The van der Waals surface area contributed by atoms with Crippen molar-refractivity contribution in [3.8, 4) is 0 Å². The van der Waals surface area contributed by atoms with Crippen LogP contribution in [-0.2, 0) is 0 Å². The predicted octanol–water partition coefficient (Wildman–Crippen LogP) is 6.36. The molecule has 0 aliphatic heterocycles. The number of rotatable bonds is 11. The lowest BCUT2D eigenvalue weighted by molar-refractivity contribution is 0.538. The number of unbranched alkanes of at least 4 members (excludes halogenated alkanes) is 7. The van der Waals surface area contributed by atoms with Crippen LogP contribution in [0.15, 0.2) is 35.3 Å². The Balaban J connectivity index is 2.19. The lowest BCUT2D eigenvalue weighted by Gasteiger charge is -2.11. The van der Waals surface area contributed by atoms with Gasteiger partial charge < -0.3 is 0 Å². The molecule has 1 unspecified atom stereocenters. The molecule has 0 heterocycles. The van der Waals surface area contributed by atoms with Crippen LogP contribution in [0.3, 0.4) is 0 Å². The molecule has 0 radical (unpaired) electrons. The van der Waals surface area contributed by atoms with Crippen LogP contribution in [0, 0.1) is 0 Å². The first-order valence-electron chi connectivity index (χ1n) is 8.00. The van der Waals surface area contributed by atoms with Crippen LogP contribution in [0.4, 0.5) is 0 Å². The van der Waals surface area contributed by atoms with Gasteiger partial charge in [-0.2, -0.15) is 0 Å². The van der Waals surface area contributed by atoms with E-state index in [-0.39, 0.29) is 6.04 Å². The molecule has 0 saturated carbocycles. The van der Waals surface area contributed by atoms with Gasteiger partial charge in [0.05, 0.1) is 11.2 Å². The van der Waals surface area contributed by atoms with Crippen LogP contribution >= 0.6 is 12.2 Å². The standard InChI is InChI=1S/C18H27NS/c1-2-3-4-5-6-7-8-12-15-18(19-16-20)17-13-10-9-11-14-17/h9-11,13-14,18H,2-8,12,15H2,1H3. The Kier molecular flexibility index (Phi) is 10.1. The summed E-state index contributed by atoms with van der Waals surface area (Å²) in [5.74, 6) is 0. The molecule has 0 aliphatic rings. The van der Waals surface area contributed by atoms with Gasteiger partial charge in [0.15, 0.2) is 0 Å². The fraction of sp³-hybridized carbons (Fsp3) is 0.611. The lowest BCUT2D eigenvalue weighted by atomic mass is 10.00. The second-order valence-corrected chi connectivity index (χ2v) is 5.59. The number of thiocarbonyl (C=S) groups is 1. The summed E-state index contributed by atoms with van der Waals surface area (Å²) < 4.78 is 0. The van der Waals surface area contributed by atoms with E-state index >= 15 is 0 Å². The molecule has 20 heavy (non-hydrogen) atoms. The topological polar surface area (TPSA) is 12.4 Å². The molecule has 0 saturated heterocycles. The fourth-order valence-electron chi connectivity index (χ4n) is 2.52. The highest BCUT2D eigenvalue weighted by Gasteiger charge is 2.08. The second kappa shape index (κ2) is 11.8. The monoisotopic (exact) mass is 289 g/mol. The van der Waals surface area contributed by atoms with Gasteiger partial charge in [0.25, 0.3) is 0 Å². The van der Waals surface area contributed by atoms with Crippen LogP contribution < -0.4 is 0 Å². The molecule has 1 aromatic rings. The van der Waals surface area contributed by atoms with Crippen molar-refractivity contribution >= 4 is 17.4 Å². The summed E-state index contributed by atoms with van der Waals surface area (Å²) >= 11 is 4.77. The Bertz CT molecular complexity index is 382. The van der Waals surface area contributed by atoms with Gasteiger partial charge >= 0.3 is 0 Å². The zero-order chi connectivity index (χ0) is 14.5. The summed E-state index contributed by atoms with van der Waals surface area (Å²) in [6, 6.07) is 10.6. The molecule has 0 aliphatic carbocycles. The molecule has 1 aromatic carbocycles. The van der Waals surface area contributed by atoms with Crippen LogP contribution in [0.2, 0.25) is 0 Å². The third kappa shape index (κ3) is 7.57. The molecule has 0 aromatic heterocycles. The van der Waals surface area contributed by atoms with Crippen molar-refractivity contribution in [2.24, 2.45) is 4.99 Å². The average Bonchev–Trinajstić information content (AvgIpc) is 2.50. The van der Waals surface area contributed by atoms with E-state index < -0.39 is 0 Å². The van der Waals surface area contributed by atoms with Gasteiger partial charge in [0, 0.05) is 0 Å². The molecule has 0 bridgehead atoms. The van der Waals surface area contributed by atoms with Crippen molar-refractivity contribution < 1.29 is 0 Å². The third-order valence-corrected chi connectivity index (χ3v) is 3.83. The minimum atomic E-state index is 0.203. The smallest absolute Gasteiger partial charge is 0.0852 e. The van der Waals surface area contributed by atoms with E-state index in [2.05, 4.69) is 41.3 Å². The van der Waals surface area contributed by atoms with E-state index in [9.17, 15) is 0 Å². The summed E-state index contributed by atoms with van der Waals surface area (Å²) in [6.45, 7) is 2.26. The number of aliphatic imine (C=N–C) groups is 1. The molecule has 1 nitrogen and oxygen atoms in total. The molecule has 0 spiro atoms. The van der Waals surface area contributed by atoms with Crippen LogP contribution in [-0.4, -0.2) is 5.16 Å². The molecule has 0 fully saturated rings. The fourth-order valence-corrected chi connectivity index (χ4v) is 2.64. The zero-order valence-corrected chi connectivity index (χ0v) is 13.5. The highest BCUT2D eigenvalue weighted by atomic mass is 32.1. The lowest BCUT2D eigenvalue weighted by Crippen LogP contribution is -1.95. The first kappa shape index (κ1) is 17.1. The zero-order valence-electron chi connectivity index (χ0n) is 12.7. The van der Waals surface area contributed by atoms with Gasteiger partial charge in [0.2, 0.25) is 0 Å². The van der Waals surface area contributed by atoms with Crippen molar-refractivity contribution in [2.75, 3.05) is 0 Å². The molecular weight excluding hydrogens is 262 g/mol. The van der Waals surface area contributed by atoms with Crippen LogP contribution in [0.5, 0.6) is 0 Å². The first-order chi connectivity index (χ1) is 9.88. The van der Waals surface area contributed by atoms with Crippen LogP contribution in [0.1, 0.15) is 76.3 Å². The second-order valence-electron chi connectivity index (χ2n) is 5.41. The highest BCUT2D eigenvalue weighted by molar-refractivity contribution is 7.78. The van der Waals surface area contributed by atoms with E-state index in [1.807, 2.05) is 6.07 Å². The number of hydrogen-bond acceptors (Lipinski definition) is 2. The van der Waals surface area contributed by atoms with Gasteiger partial charge in [-0.3, -0.25) is 0 Å². The molecular formula is C18H27NS. The van der Waals surface area contributed by atoms with E-state index in [0.29, 0.717) is 0 Å². The van der Waals surface area contributed by atoms with E-state index in [1.165, 1.54) is 56.9 Å². The van der Waals surface area contributed by atoms with Gasteiger partial charge in [-0.05, 0) is 24.2 Å². The molecule has 0 N–H and O–H groups in total. The average molecular weight is 289 g/mol. The maximum Gasteiger partial charge on any atom is 0.0852 e. The Labute approximate surface area is 129 Å². The van der Waals surface area contributed by atoms with E-state index in [4.69, 9.17) is 12.2 Å². The molecule has 0 amide bonds. The summed E-state index contributed by atoms with van der Waals surface area (Å²) in [5, 5.41) is 2.55. The Hall–Kier alpha value is -0.980. The number of isothiocyanates is 1. The van der Waals surface area contributed by atoms with Crippen molar-refractivity contribution in [1.82, 2.24) is 0 Å². The van der Waals surface area contributed by atoms with Crippen molar-refractivity contribution in [2.45, 2.75) is 70.8 Å². The molecule has 110 valence electrons. The normalized spacial score (nSPS) is 11.8. The Morgan fingerprint density at radius 3 is 2.15 bits per heavy atom. The van der Waals surface area contributed by atoms with Gasteiger partial charge in [-0.1, -0.05) is 88.6 Å². The van der Waals surface area contributed by atoms with Crippen molar-refractivity contribution in [1.29, 1.82) is 0 Å². The maximum absolute atomic E-state index is 4.77. The first-order valence-corrected chi connectivity index (χ1v) is 8.41. The predicted molar refractivity (Wildman–Crippen MR) is 91.4 cm³/mol. The summed E-state index contributed by atoms with van der Waals surface area (Å²) in [6.07, 6.45) is 11.9. The van der Waals surface area contributed by atoms with Crippen molar-refractivity contribution in [3.63, 3.8) is 0 Å². The number of benzene rings is 1. The minimum absolute atomic E-state index is 0.203. The molecule has 1 rings (SSSR count). The quantitative estimate of drug-likeness (QED) is 0.262. The Morgan fingerprint density at radius 2 is 1.55 bits per heavy atom. The molecule has 1 atom stereocenters. The van der Waals surface area contributed by atoms with Gasteiger partial charge in [-0.15, -0.1) is 0 Å². The Morgan fingerprint density at radius 1 is 0.950 bits per heavy atom. The minimum Gasteiger partial charge on any atom is -0.224 e. The van der Waals surface area contributed by atoms with Gasteiger partial charge in [0.1, 0.15) is 0 Å². The van der Waals surface area contributed by atoms with Gasteiger partial charge in [-0.25, -0.2) is 4.99 Å². The third-order valence-electron chi connectivity index (χ3n) is 3.72. The largest absolute Gasteiger partial charge is 0.224 e. The van der Waals surface area contributed by atoms with E-state index in [1.54, 1.807) is 0 Å². The summed E-state index contributed by atoms with van der Waals surface area (Å²) in [7, 11) is 0. The number of nitrogens with zero attached hydrogens (tertiary/aromatic N) is 1. The van der Waals surface area contributed by atoms with E-state index in [0.717, 1.165) is 6.42 Å². The van der Waals surface area contributed by atoms with Crippen molar-refractivity contribution in [3.05, 3.63) is 35.9 Å².